The predicted octanol–water partition coefficient (Wildman–Crippen LogP) is 3.48. The average Bonchev–Trinajstić information content (AvgIpc) is 2.89. The van der Waals surface area contributed by atoms with E-state index in [1.807, 2.05) is 0 Å². The number of carbonyl (C=O) groups is 2. The first-order chi connectivity index (χ1) is 14.9. The molecule has 1 aliphatic rings. The summed E-state index contributed by atoms with van der Waals surface area (Å²) in [6.07, 6.45) is 0.529. The van der Waals surface area contributed by atoms with Gasteiger partial charge in [0.2, 0.25) is 17.6 Å². The fraction of sp³-hybridized carbons (Fsp3) is 0.364. The fourth-order valence-electron chi connectivity index (χ4n) is 3.54. The summed E-state index contributed by atoms with van der Waals surface area (Å²) in [5, 5.41) is 3.65. The summed E-state index contributed by atoms with van der Waals surface area (Å²) in [6.45, 7) is 0.599. The maximum atomic E-state index is 13.2. The lowest BCUT2D eigenvalue weighted by atomic mass is 10.0. The molecule has 0 saturated carbocycles. The quantitative estimate of drug-likeness (QED) is 0.675. The average molecular weight is 467 g/mol. The van der Waals surface area contributed by atoms with Crippen molar-refractivity contribution >= 4 is 35.0 Å². The molecule has 9 heteroatoms. The predicted molar refractivity (Wildman–Crippen MR) is 118 cm³/mol. The van der Waals surface area contributed by atoms with Crippen LogP contribution in [0.4, 0.5) is 0 Å². The number of amides is 2. The van der Waals surface area contributed by atoms with E-state index < -0.39 is 6.04 Å². The minimum absolute atomic E-state index is 0.175. The maximum Gasteiger partial charge on any atom is 0.245 e. The number of benzene rings is 2. The van der Waals surface area contributed by atoms with E-state index in [9.17, 15) is 9.59 Å². The van der Waals surface area contributed by atoms with Crippen LogP contribution in [0.15, 0.2) is 30.3 Å². The summed E-state index contributed by atoms with van der Waals surface area (Å²) in [4.78, 5) is 27.1. The molecule has 0 aliphatic carbocycles. The third kappa shape index (κ3) is 5.35. The molecule has 0 unspecified atom stereocenters. The lowest BCUT2D eigenvalue weighted by molar-refractivity contribution is -0.134. The Morgan fingerprint density at radius 2 is 1.65 bits per heavy atom. The van der Waals surface area contributed by atoms with Crippen LogP contribution in [-0.4, -0.2) is 50.6 Å². The van der Waals surface area contributed by atoms with Crippen molar-refractivity contribution in [2.75, 3.05) is 27.9 Å². The van der Waals surface area contributed by atoms with Gasteiger partial charge in [-0.25, -0.2) is 0 Å². The summed E-state index contributed by atoms with van der Waals surface area (Å²) in [7, 11) is 4.60. The second-order valence-corrected chi connectivity index (χ2v) is 7.93. The molecular weight excluding hydrogens is 443 g/mol. The number of rotatable bonds is 7. The highest BCUT2D eigenvalue weighted by Crippen LogP contribution is 2.38. The van der Waals surface area contributed by atoms with E-state index in [1.165, 1.54) is 21.3 Å². The first-order valence-electron chi connectivity index (χ1n) is 9.67. The van der Waals surface area contributed by atoms with E-state index in [-0.39, 0.29) is 18.2 Å². The van der Waals surface area contributed by atoms with Gasteiger partial charge in [0, 0.05) is 25.9 Å². The summed E-state index contributed by atoms with van der Waals surface area (Å²) < 4.78 is 16.2. The number of halogens is 2. The number of nitrogens with one attached hydrogen (secondary N) is 1. The summed E-state index contributed by atoms with van der Waals surface area (Å²) in [6, 6.07) is 8.07. The van der Waals surface area contributed by atoms with E-state index >= 15 is 0 Å². The van der Waals surface area contributed by atoms with E-state index in [0.717, 1.165) is 11.1 Å². The van der Waals surface area contributed by atoms with Crippen LogP contribution in [0.2, 0.25) is 10.0 Å². The van der Waals surface area contributed by atoms with Crippen molar-refractivity contribution in [1.29, 1.82) is 0 Å². The molecule has 1 atom stereocenters. The highest BCUT2D eigenvalue weighted by Gasteiger charge is 2.30. The number of nitrogens with zero attached hydrogens (tertiary/aromatic N) is 1. The van der Waals surface area contributed by atoms with E-state index in [1.54, 1.807) is 35.2 Å². The molecule has 166 valence electrons. The molecule has 2 amide bonds. The minimum atomic E-state index is -0.700. The Kier molecular flexibility index (Phi) is 7.51. The Hall–Kier alpha value is -2.64. The molecule has 31 heavy (non-hydrogen) atoms. The minimum Gasteiger partial charge on any atom is -0.493 e. The van der Waals surface area contributed by atoms with E-state index in [2.05, 4.69) is 5.32 Å². The molecule has 1 saturated heterocycles. The van der Waals surface area contributed by atoms with Gasteiger partial charge >= 0.3 is 0 Å². The second kappa shape index (κ2) is 10.1. The zero-order valence-corrected chi connectivity index (χ0v) is 19.0. The van der Waals surface area contributed by atoms with Crippen molar-refractivity contribution in [3.8, 4) is 17.2 Å². The Morgan fingerprint density at radius 3 is 2.23 bits per heavy atom. The Balaban J connectivity index is 1.84. The smallest absolute Gasteiger partial charge is 0.245 e. The van der Waals surface area contributed by atoms with Crippen LogP contribution in [0.3, 0.4) is 0 Å². The first-order valence-corrected chi connectivity index (χ1v) is 10.4. The Morgan fingerprint density at radius 1 is 0.968 bits per heavy atom. The van der Waals surface area contributed by atoms with Gasteiger partial charge in [0.05, 0.1) is 31.4 Å². The third-order valence-electron chi connectivity index (χ3n) is 5.08. The van der Waals surface area contributed by atoms with Crippen LogP contribution in [-0.2, 0) is 22.6 Å². The topological polar surface area (TPSA) is 77.1 Å². The number of carbonyl (C=O) groups excluding carboxylic acids is 2. The van der Waals surface area contributed by atoms with Crippen molar-refractivity contribution in [2.45, 2.75) is 25.4 Å². The molecule has 1 N–H and O–H groups in total. The molecular formula is C22H24Cl2N2O5. The summed E-state index contributed by atoms with van der Waals surface area (Å²) >= 11 is 12.1. The van der Waals surface area contributed by atoms with Crippen LogP contribution in [0.25, 0.3) is 0 Å². The van der Waals surface area contributed by atoms with Gasteiger partial charge in [0.25, 0.3) is 0 Å². The highest BCUT2D eigenvalue weighted by molar-refractivity contribution is 6.42. The Labute approximate surface area is 191 Å². The zero-order valence-electron chi connectivity index (χ0n) is 17.5. The molecule has 2 aromatic rings. The summed E-state index contributed by atoms with van der Waals surface area (Å²) in [5.41, 5.74) is 1.60. The van der Waals surface area contributed by atoms with Crippen molar-refractivity contribution in [3.63, 3.8) is 0 Å². The molecule has 0 bridgehead atoms. The molecule has 1 aliphatic heterocycles. The number of ether oxygens (including phenoxy) is 3. The standard InChI is InChI=1S/C22H24Cl2N2O5/c1-29-18-10-14(11-19(30-2)21(18)31-3)12-26-7-6-20(27)25-17(22(26)28)9-13-4-5-15(23)16(24)8-13/h4-5,8,10-11,17H,6-7,9,12H2,1-3H3,(H,25,27)/t17-/m0/s1. The van der Waals surface area contributed by atoms with Crippen LogP contribution in [0, 0.1) is 0 Å². The lowest BCUT2D eigenvalue weighted by Gasteiger charge is -2.25. The Bertz CT molecular complexity index is 957. The fourth-order valence-corrected chi connectivity index (χ4v) is 3.86. The van der Waals surface area contributed by atoms with Gasteiger partial charge in [-0.15, -0.1) is 0 Å². The zero-order chi connectivity index (χ0) is 22.5. The van der Waals surface area contributed by atoms with Crippen LogP contribution >= 0.6 is 23.2 Å². The van der Waals surface area contributed by atoms with Gasteiger partial charge in [-0.05, 0) is 35.4 Å². The van der Waals surface area contributed by atoms with Gasteiger partial charge in [-0.2, -0.15) is 0 Å². The molecule has 3 rings (SSSR count). The van der Waals surface area contributed by atoms with Crippen molar-refractivity contribution in [1.82, 2.24) is 10.2 Å². The molecule has 1 fully saturated rings. The maximum absolute atomic E-state index is 13.2. The van der Waals surface area contributed by atoms with E-state index in [0.29, 0.717) is 46.8 Å². The van der Waals surface area contributed by atoms with Gasteiger partial charge in [0.15, 0.2) is 11.5 Å². The van der Waals surface area contributed by atoms with Crippen molar-refractivity contribution in [2.24, 2.45) is 0 Å². The molecule has 0 spiro atoms. The lowest BCUT2D eigenvalue weighted by Crippen LogP contribution is -2.45. The molecule has 0 radical (unpaired) electrons. The molecule has 2 aromatic carbocycles. The third-order valence-corrected chi connectivity index (χ3v) is 5.81. The van der Waals surface area contributed by atoms with Crippen LogP contribution in [0.5, 0.6) is 17.2 Å². The number of hydrogen-bond acceptors (Lipinski definition) is 5. The van der Waals surface area contributed by atoms with Crippen LogP contribution < -0.4 is 19.5 Å². The van der Waals surface area contributed by atoms with Crippen LogP contribution in [0.1, 0.15) is 17.5 Å². The monoisotopic (exact) mass is 466 g/mol. The first kappa shape index (κ1) is 23.0. The van der Waals surface area contributed by atoms with Crippen molar-refractivity contribution < 1.29 is 23.8 Å². The second-order valence-electron chi connectivity index (χ2n) is 7.12. The van der Waals surface area contributed by atoms with Gasteiger partial charge in [-0.3, -0.25) is 9.59 Å². The van der Waals surface area contributed by atoms with Gasteiger partial charge < -0.3 is 24.4 Å². The van der Waals surface area contributed by atoms with Crippen molar-refractivity contribution in [3.05, 3.63) is 51.5 Å². The number of hydrogen-bond donors (Lipinski definition) is 1. The normalized spacial score (nSPS) is 16.5. The SMILES string of the molecule is COc1cc(CN2CCC(=O)N[C@@H](Cc3ccc(Cl)c(Cl)c3)C2=O)cc(OC)c1OC. The molecule has 7 nitrogen and oxygen atoms in total. The van der Waals surface area contributed by atoms with Gasteiger partial charge in [0.1, 0.15) is 6.04 Å². The number of methoxy groups -OCH3 is 3. The molecule has 1 heterocycles. The molecule has 0 aromatic heterocycles. The van der Waals surface area contributed by atoms with E-state index in [4.69, 9.17) is 37.4 Å². The largest absolute Gasteiger partial charge is 0.493 e. The highest BCUT2D eigenvalue weighted by atomic mass is 35.5. The summed E-state index contributed by atoms with van der Waals surface area (Å²) in [5.74, 6) is 1.13. The van der Waals surface area contributed by atoms with Gasteiger partial charge in [-0.1, -0.05) is 29.3 Å².